The molecule has 0 saturated heterocycles. The van der Waals surface area contributed by atoms with Crippen molar-refractivity contribution in [2.24, 2.45) is 0 Å². The molecule has 0 atom stereocenters. The van der Waals surface area contributed by atoms with E-state index in [-0.39, 0.29) is 12.5 Å². The van der Waals surface area contributed by atoms with Crippen molar-refractivity contribution in [3.63, 3.8) is 0 Å². The molecule has 0 radical (unpaired) electrons. The highest BCUT2D eigenvalue weighted by Crippen LogP contribution is 2.25. The Bertz CT molecular complexity index is 1210. The molecule has 5 heteroatoms. The molecule has 0 aliphatic heterocycles. The Hall–Kier alpha value is -4.12. The maximum atomic E-state index is 11.9. The van der Waals surface area contributed by atoms with Crippen LogP contribution in [0.4, 0.5) is 0 Å². The fourth-order valence-corrected chi connectivity index (χ4v) is 3.38. The van der Waals surface area contributed by atoms with Crippen molar-refractivity contribution < 1.29 is 14.3 Å². The largest absolute Gasteiger partial charge is 0.497 e. The minimum absolute atomic E-state index is 0.0912. The fourth-order valence-electron chi connectivity index (χ4n) is 3.38. The molecule has 1 aromatic heterocycles. The van der Waals surface area contributed by atoms with Gasteiger partial charge in [-0.1, -0.05) is 72.8 Å². The van der Waals surface area contributed by atoms with Gasteiger partial charge >= 0.3 is 5.97 Å². The Balaban J connectivity index is 1.62. The van der Waals surface area contributed by atoms with E-state index >= 15 is 0 Å². The third-order valence-electron chi connectivity index (χ3n) is 5.16. The fraction of sp³-hybridized carbons (Fsp3) is 0.111. The molecule has 4 rings (SSSR count). The minimum atomic E-state index is -0.326. The molecular weight excluding hydrogens is 400 g/mol. The third kappa shape index (κ3) is 4.95. The molecule has 0 spiro atoms. The summed E-state index contributed by atoms with van der Waals surface area (Å²) < 4.78 is 11.9. The van der Waals surface area contributed by atoms with E-state index in [0.717, 1.165) is 28.1 Å². The van der Waals surface area contributed by atoms with E-state index in [1.165, 1.54) is 12.7 Å². The first kappa shape index (κ1) is 21.1. The average molecular weight is 425 g/mol. The number of carbonyl (C=O) groups is 1. The first-order valence-electron chi connectivity index (χ1n) is 10.3. The van der Waals surface area contributed by atoms with Gasteiger partial charge in [0.2, 0.25) is 0 Å². The van der Waals surface area contributed by atoms with Gasteiger partial charge in [0.25, 0.3) is 0 Å². The van der Waals surface area contributed by atoms with Gasteiger partial charge in [0.1, 0.15) is 18.1 Å². The van der Waals surface area contributed by atoms with Gasteiger partial charge < -0.3 is 14.0 Å². The van der Waals surface area contributed by atoms with Crippen LogP contribution in [0.5, 0.6) is 5.75 Å². The standard InChI is InChI=1S/C27H24N2O3/c1-31-24-15-8-20(9-16-24)10-17-26-28-25(18-29(26)19-27(30)32-2)23-13-11-22(12-14-23)21-6-4-3-5-7-21/h3-18H,19H2,1-2H3. The normalized spacial score (nSPS) is 10.9. The van der Waals surface area contributed by atoms with E-state index in [0.29, 0.717) is 5.82 Å². The zero-order valence-corrected chi connectivity index (χ0v) is 18.1. The number of imidazole rings is 1. The summed E-state index contributed by atoms with van der Waals surface area (Å²) in [7, 11) is 3.03. The highest BCUT2D eigenvalue weighted by molar-refractivity contribution is 5.74. The quantitative estimate of drug-likeness (QED) is 0.364. The Morgan fingerprint density at radius 1 is 0.844 bits per heavy atom. The summed E-state index contributed by atoms with van der Waals surface area (Å²) in [6.45, 7) is 0.0912. The van der Waals surface area contributed by atoms with Crippen LogP contribution in [0.1, 0.15) is 11.4 Å². The first-order chi connectivity index (χ1) is 15.7. The van der Waals surface area contributed by atoms with Crippen LogP contribution in [0.3, 0.4) is 0 Å². The average Bonchev–Trinajstić information content (AvgIpc) is 3.26. The van der Waals surface area contributed by atoms with Gasteiger partial charge in [0, 0.05) is 11.8 Å². The molecule has 1 heterocycles. The minimum Gasteiger partial charge on any atom is -0.497 e. The Labute approximate surface area is 187 Å². The summed E-state index contributed by atoms with van der Waals surface area (Å²) in [5.74, 6) is 1.15. The van der Waals surface area contributed by atoms with Crippen LogP contribution in [0.25, 0.3) is 34.5 Å². The molecule has 160 valence electrons. The SMILES string of the molecule is COC(=O)Cn1cc(-c2ccc(-c3ccccc3)cc2)nc1C=Cc1ccc(OC)cc1. The van der Waals surface area contributed by atoms with Gasteiger partial charge in [-0.15, -0.1) is 0 Å². The highest BCUT2D eigenvalue weighted by atomic mass is 16.5. The van der Waals surface area contributed by atoms with Crippen LogP contribution >= 0.6 is 0 Å². The third-order valence-corrected chi connectivity index (χ3v) is 5.16. The zero-order chi connectivity index (χ0) is 22.3. The van der Waals surface area contributed by atoms with E-state index in [2.05, 4.69) is 24.3 Å². The number of esters is 1. The van der Waals surface area contributed by atoms with Gasteiger partial charge in [-0.2, -0.15) is 0 Å². The molecule has 0 aliphatic rings. The zero-order valence-electron chi connectivity index (χ0n) is 18.1. The Morgan fingerprint density at radius 2 is 1.50 bits per heavy atom. The van der Waals surface area contributed by atoms with E-state index in [4.69, 9.17) is 14.5 Å². The van der Waals surface area contributed by atoms with Crippen LogP contribution in [0.15, 0.2) is 85.1 Å². The summed E-state index contributed by atoms with van der Waals surface area (Å²) >= 11 is 0. The second-order valence-electron chi connectivity index (χ2n) is 7.24. The molecule has 3 aromatic carbocycles. The molecule has 32 heavy (non-hydrogen) atoms. The molecule has 4 aromatic rings. The van der Waals surface area contributed by atoms with Crippen molar-refractivity contribution in [2.45, 2.75) is 6.54 Å². The lowest BCUT2D eigenvalue weighted by atomic mass is 10.0. The molecule has 0 saturated carbocycles. The lowest BCUT2D eigenvalue weighted by molar-refractivity contribution is -0.141. The predicted octanol–water partition coefficient (Wildman–Crippen LogP) is 5.57. The van der Waals surface area contributed by atoms with Gasteiger partial charge in [-0.25, -0.2) is 4.98 Å². The van der Waals surface area contributed by atoms with E-state index in [1.54, 1.807) is 11.7 Å². The van der Waals surface area contributed by atoms with Crippen LogP contribution in [0.2, 0.25) is 0 Å². The lowest BCUT2D eigenvalue weighted by Gasteiger charge is -2.03. The monoisotopic (exact) mass is 424 g/mol. The maximum Gasteiger partial charge on any atom is 0.325 e. The lowest BCUT2D eigenvalue weighted by Crippen LogP contribution is -2.11. The Morgan fingerprint density at radius 3 is 2.16 bits per heavy atom. The molecular formula is C27H24N2O3. The van der Waals surface area contributed by atoms with Gasteiger partial charge in [0.05, 0.1) is 19.9 Å². The number of methoxy groups -OCH3 is 2. The summed E-state index contributed by atoms with van der Waals surface area (Å²) in [5, 5.41) is 0. The number of nitrogens with zero attached hydrogens (tertiary/aromatic N) is 2. The summed E-state index contributed by atoms with van der Waals surface area (Å²) in [6.07, 6.45) is 5.73. The van der Waals surface area contributed by atoms with Crippen molar-refractivity contribution in [2.75, 3.05) is 14.2 Å². The predicted molar refractivity (Wildman–Crippen MR) is 127 cm³/mol. The van der Waals surface area contributed by atoms with Crippen molar-refractivity contribution in [3.05, 3.63) is 96.4 Å². The summed E-state index contributed by atoms with van der Waals surface area (Å²) in [6, 6.07) is 26.2. The molecule has 0 bridgehead atoms. The summed E-state index contributed by atoms with van der Waals surface area (Å²) in [5.41, 5.74) is 5.09. The number of aromatic nitrogens is 2. The van der Waals surface area contributed by atoms with E-state index < -0.39 is 0 Å². The second kappa shape index (κ2) is 9.79. The topological polar surface area (TPSA) is 53.4 Å². The van der Waals surface area contributed by atoms with Crippen LogP contribution in [-0.4, -0.2) is 29.7 Å². The van der Waals surface area contributed by atoms with Crippen LogP contribution in [0, 0.1) is 0 Å². The van der Waals surface area contributed by atoms with E-state index in [9.17, 15) is 4.79 Å². The molecule has 0 fully saturated rings. The number of hydrogen-bond acceptors (Lipinski definition) is 4. The van der Waals surface area contributed by atoms with Gasteiger partial charge in [-0.3, -0.25) is 4.79 Å². The maximum absolute atomic E-state index is 11.9. The molecule has 0 unspecified atom stereocenters. The molecule has 5 nitrogen and oxygen atoms in total. The van der Waals surface area contributed by atoms with E-state index in [1.807, 2.05) is 72.9 Å². The Kier molecular flexibility index (Phi) is 6.46. The smallest absolute Gasteiger partial charge is 0.325 e. The van der Waals surface area contributed by atoms with Crippen molar-refractivity contribution in [1.29, 1.82) is 0 Å². The molecule has 0 N–H and O–H groups in total. The van der Waals surface area contributed by atoms with Crippen molar-refractivity contribution >= 4 is 18.1 Å². The number of hydrogen-bond donors (Lipinski definition) is 0. The number of ether oxygens (including phenoxy) is 2. The van der Waals surface area contributed by atoms with Crippen molar-refractivity contribution in [3.8, 4) is 28.1 Å². The second-order valence-corrected chi connectivity index (χ2v) is 7.24. The molecule has 0 amide bonds. The van der Waals surface area contributed by atoms with Crippen LogP contribution < -0.4 is 4.74 Å². The van der Waals surface area contributed by atoms with Crippen LogP contribution in [-0.2, 0) is 16.1 Å². The summed E-state index contributed by atoms with van der Waals surface area (Å²) in [4.78, 5) is 16.7. The highest BCUT2D eigenvalue weighted by Gasteiger charge is 2.11. The number of carbonyl (C=O) groups excluding carboxylic acids is 1. The first-order valence-corrected chi connectivity index (χ1v) is 10.3. The number of benzene rings is 3. The van der Waals surface area contributed by atoms with Crippen molar-refractivity contribution in [1.82, 2.24) is 9.55 Å². The molecule has 0 aliphatic carbocycles. The van der Waals surface area contributed by atoms with Gasteiger partial charge in [0.15, 0.2) is 0 Å². The number of rotatable bonds is 7. The van der Waals surface area contributed by atoms with Gasteiger partial charge in [-0.05, 0) is 34.9 Å².